The molecular weight excluding hydrogens is 531 g/mol. The van der Waals surface area contributed by atoms with Crippen molar-refractivity contribution in [3.05, 3.63) is 59.2 Å². The average molecular weight is 567 g/mol. The van der Waals surface area contributed by atoms with E-state index >= 15 is 0 Å². The zero-order valence-electron chi connectivity index (χ0n) is 23.0. The van der Waals surface area contributed by atoms with E-state index in [2.05, 4.69) is 37.3 Å². The standard InChI is InChI=1S/C28H35FN8O4/c1-3-15(2)23(34-25(38)18-8-10-22(29)30-12-18)27(40)33-20-9-7-16-5-4-6-17-11-21(37(24(16)17)28(20)41)26(39)31-13-19-14-32-36-35-19/h4-6,8,10,12,15,19-21,23,32,35-36H,3,7,9,11,13-14H2,1-2H3,(H,31,39)(H,33,40)(H,34,38)/t15-,19?,20-,21-,23-/m0/s1. The number of rotatable bonds is 9. The van der Waals surface area contributed by atoms with Crippen molar-refractivity contribution in [1.82, 2.24) is 37.3 Å². The molecule has 5 atom stereocenters. The molecule has 13 heteroatoms. The van der Waals surface area contributed by atoms with Gasteiger partial charge in [0.25, 0.3) is 5.91 Å². The molecule has 6 N–H and O–H groups in total. The average Bonchev–Trinajstić information content (AvgIpc) is 3.61. The Morgan fingerprint density at radius 3 is 2.71 bits per heavy atom. The van der Waals surface area contributed by atoms with E-state index in [1.165, 1.54) is 11.0 Å². The summed E-state index contributed by atoms with van der Waals surface area (Å²) in [5, 5.41) is 8.55. The highest BCUT2D eigenvalue weighted by Gasteiger charge is 2.44. The van der Waals surface area contributed by atoms with Crippen molar-refractivity contribution in [3.8, 4) is 0 Å². The van der Waals surface area contributed by atoms with Crippen molar-refractivity contribution in [2.45, 2.75) is 63.7 Å². The molecule has 4 heterocycles. The van der Waals surface area contributed by atoms with Crippen LogP contribution in [0.5, 0.6) is 0 Å². The highest BCUT2D eigenvalue weighted by Crippen LogP contribution is 2.39. The molecule has 0 radical (unpaired) electrons. The molecule has 0 bridgehead atoms. The lowest BCUT2D eigenvalue weighted by atomic mass is 9.96. The molecule has 4 amide bonds. The molecule has 3 aliphatic rings. The van der Waals surface area contributed by atoms with Crippen LogP contribution in [0, 0.1) is 11.9 Å². The molecule has 1 fully saturated rings. The molecule has 1 aromatic heterocycles. The number of pyridine rings is 1. The van der Waals surface area contributed by atoms with Crippen molar-refractivity contribution in [3.63, 3.8) is 0 Å². The number of halogens is 1. The summed E-state index contributed by atoms with van der Waals surface area (Å²) in [7, 11) is 0. The topological polar surface area (TPSA) is 157 Å². The van der Waals surface area contributed by atoms with Gasteiger partial charge in [0.05, 0.1) is 17.3 Å². The van der Waals surface area contributed by atoms with E-state index < -0.39 is 35.9 Å². The fraction of sp³-hybridized carbons (Fsp3) is 0.464. The molecule has 5 rings (SSSR count). The van der Waals surface area contributed by atoms with E-state index in [9.17, 15) is 23.6 Å². The van der Waals surface area contributed by atoms with Gasteiger partial charge in [-0.3, -0.25) is 24.1 Å². The van der Waals surface area contributed by atoms with Crippen LogP contribution >= 0.6 is 0 Å². The summed E-state index contributed by atoms with van der Waals surface area (Å²) in [6, 6.07) is 5.60. The van der Waals surface area contributed by atoms with Gasteiger partial charge in [0, 0.05) is 25.7 Å². The van der Waals surface area contributed by atoms with Gasteiger partial charge < -0.3 is 16.0 Å². The van der Waals surface area contributed by atoms with E-state index in [4.69, 9.17) is 0 Å². The zero-order valence-corrected chi connectivity index (χ0v) is 23.0. The summed E-state index contributed by atoms with van der Waals surface area (Å²) < 4.78 is 13.2. The monoisotopic (exact) mass is 566 g/mol. The third kappa shape index (κ3) is 6.06. The van der Waals surface area contributed by atoms with Crippen molar-refractivity contribution in [2.24, 2.45) is 5.92 Å². The van der Waals surface area contributed by atoms with Crippen LogP contribution in [0.1, 0.15) is 48.2 Å². The number of hydrogen-bond donors (Lipinski definition) is 6. The van der Waals surface area contributed by atoms with E-state index in [-0.39, 0.29) is 29.3 Å². The third-order valence-corrected chi connectivity index (χ3v) is 8.03. The Morgan fingerprint density at radius 2 is 2.00 bits per heavy atom. The van der Waals surface area contributed by atoms with Gasteiger partial charge in [0.1, 0.15) is 18.1 Å². The maximum Gasteiger partial charge on any atom is 0.253 e. The zero-order chi connectivity index (χ0) is 29.1. The Balaban J connectivity index is 1.33. The van der Waals surface area contributed by atoms with Gasteiger partial charge in [0.15, 0.2) is 0 Å². The lowest BCUT2D eigenvalue weighted by Gasteiger charge is -2.30. The first-order valence-corrected chi connectivity index (χ1v) is 13.9. The van der Waals surface area contributed by atoms with Gasteiger partial charge in [-0.15, -0.1) is 0 Å². The molecule has 1 unspecified atom stereocenters. The summed E-state index contributed by atoms with van der Waals surface area (Å²) in [4.78, 5) is 58.8. The number of nitrogens with one attached hydrogen (secondary N) is 6. The summed E-state index contributed by atoms with van der Waals surface area (Å²) in [6.07, 6.45) is 2.96. The number of aromatic nitrogens is 1. The number of benzene rings is 1. The number of carbonyl (C=O) groups excluding carboxylic acids is 4. The SMILES string of the molecule is CC[C@H](C)[C@H](NC(=O)c1ccc(F)nc1)C(=O)N[C@H]1CCc2cccc3c2N(C1=O)[C@H](C(=O)NCC1CNNN1)C3. The van der Waals surface area contributed by atoms with Gasteiger partial charge in [-0.2, -0.15) is 9.93 Å². The summed E-state index contributed by atoms with van der Waals surface area (Å²) in [6.45, 7) is 4.74. The van der Waals surface area contributed by atoms with Crippen LogP contribution in [0.3, 0.4) is 0 Å². The maximum absolute atomic E-state index is 14.0. The highest BCUT2D eigenvalue weighted by atomic mass is 19.1. The third-order valence-electron chi connectivity index (χ3n) is 8.03. The molecule has 12 nitrogen and oxygen atoms in total. The number of para-hydroxylation sites is 1. The maximum atomic E-state index is 14.0. The van der Waals surface area contributed by atoms with E-state index in [0.717, 1.165) is 29.1 Å². The largest absolute Gasteiger partial charge is 0.353 e. The van der Waals surface area contributed by atoms with Crippen LogP contribution < -0.4 is 37.2 Å². The van der Waals surface area contributed by atoms with Crippen LogP contribution in [-0.2, 0) is 27.2 Å². The minimum absolute atomic E-state index is 0.00329. The Kier molecular flexibility index (Phi) is 8.57. The van der Waals surface area contributed by atoms with Crippen LogP contribution in [0.15, 0.2) is 36.5 Å². The number of hydrazine groups is 2. The first kappa shape index (κ1) is 28.6. The van der Waals surface area contributed by atoms with Gasteiger partial charge in [-0.05, 0) is 42.0 Å². The van der Waals surface area contributed by atoms with E-state index in [0.29, 0.717) is 38.8 Å². The normalized spacial score (nSPS) is 22.9. The van der Waals surface area contributed by atoms with Gasteiger partial charge in [-0.25, -0.2) is 15.8 Å². The Labute approximate surface area is 237 Å². The molecule has 0 spiro atoms. The first-order valence-electron chi connectivity index (χ1n) is 13.9. The molecule has 1 saturated heterocycles. The van der Waals surface area contributed by atoms with Crippen LogP contribution in [-0.4, -0.2) is 65.9 Å². The number of carbonyl (C=O) groups is 4. The van der Waals surface area contributed by atoms with E-state index in [1.807, 2.05) is 32.0 Å². The van der Waals surface area contributed by atoms with Crippen molar-refractivity contribution < 1.29 is 23.6 Å². The molecule has 41 heavy (non-hydrogen) atoms. The highest BCUT2D eigenvalue weighted by molar-refractivity contribution is 6.08. The Bertz CT molecular complexity index is 1320. The lowest BCUT2D eigenvalue weighted by Crippen LogP contribution is -2.58. The first-order chi connectivity index (χ1) is 19.8. The Morgan fingerprint density at radius 1 is 1.20 bits per heavy atom. The molecule has 2 aromatic rings. The van der Waals surface area contributed by atoms with Crippen molar-refractivity contribution in [1.29, 1.82) is 0 Å². The Hall–Kier alpha value is -3.94. The smallest absolute Gasteiger partial charge is 0.253 e. The minimum Gasteiger partial charge on any atom is -0.353 e. The number of hydrogen-bond acceptors (Lipinski definition) is 8. The van der Waals surface area contributed by atoms with Gasteiger partial charge in [0.2, 0.25) is 23.7 Å². The number of nitrogens with zero attached hydrogens (tertiary/aromatic N) is 2. The number of anilines is 1. The van der Waals surface area contributed by atoms with E-state index in [1.54, 1.807) is 0 Å². The molecule has 218 valence electrons. The fourth-order valence-corrected chi connectivity index (χ4v) is 5.52. The molecule has 0 aliphatic carbocycles. The van der Waals surface area contributed by atoms with Crippen LogP contribution in [0.25, 0.3) is 0 Å². The summed E-state index contributed by atoms with van der Waals surface area (Å²) in [5.74, 6) is -2.66. The predicted molar refractivity (Wildman–Crippen MR) is 148 cm³/mol. The van der Waals surface area contributed by atoms with Crippen LogP contribution in [0.4, 0.5) is 10.1 Å². The lowest BCUT2D eigenvalue weighted by molar-refractivity contribution is -0.130. The summed E-state index contributed by atoms with van der Waals surface area (Å²) >= 11 is 0. The second kappa shape index (κ2) is 12.3. The quantitative estimate of drug-likeness (QED) is 0.229. The van der Waals surface area contributed by atoms with Crippen LogP contribution in [0.2, 0.25) is 0 Å². The second-order valence-electron chi connectivity index (χ2n) is 10.8. The van der Waals surface area contributed by atoms with Gasteiger partial charge in [-0.1, -0.05) is 38.5 Å². The molecular formula is C28H35FN8O4. The fourth-order valence-electron chi connectivity index (χ4n) is 5.52. The molecule has 1 aromatic carbocycles. The summed E-state index contributed by atoms with van der Waals surface area (Å²) in [5.41, 5.74) is 11.5. The molecule has 0 saturated carbocycles. The predicted octanol–water partition coefficient (Wildman–Crippen LogP) is -0.149. The van der Waals surface area contributed by atoms with Gasteiger partial charge >= 0.3 is 0 Å². The minimum atomic E-state index is -0.939. The second-order valence-corrected chi connectivity index (χ2v) is 10.8. The van der Waals surface area contributed by atoms with Crippen molar-refractivity contribution in [2.75, 3.05) is 18.0 Å². The number of amides is 4. The van der Waals surface area contributed by atoms with Crippen molar-refractivity contribution >= 4 is 29.3 Å². The number of aryl methyl sites for hydroxylation is 1. The molecule has 3 aliphatic heterocycles.